The number of aromatic nitrogens is 3. The summed E-state index contributed by atoms with van der Waals surface area (Å²) in [5.41, 5.74) is 3.91. The van der Waals surface area contributed by atoms with Gasteiger partial charge in [-0.25, -0.2) is 4.98 Å². The lowest BCUT2D eigenvalue weighted by Gasteiger charge is -2.02. The zero-order valence-corrected chi connectivity index (χ0v) is 11.9. The molecule has 5 heteroatoms. The predicted molar refractivity (Wildman–Crippen MR) is 72.8 cm³/mol. The molecule has 0 aromatic carbocycles. The van der Waals surface area contributed by atoms with Gasteiger partial charge in [-0.3, -0.25) is 4.68 Å². The Morgan fingerprint density at radius 1 is 1.39 bits per heavy atom. The van der Waals surface area contributed by atoms with Gasteiger partial charge in [-0.2, -0.15) is 5.10 Å². The van der Waals surface area contributed by atoms with Gasteiger partial charge in [0.1, 0.15) is 0 Å². The van der Waals surface area contributed by atoms with Gasteiger partial charge in [0.05, 0.1) is 29.5 Å². The highest BCUT2D eigenvalue weighted by atomic mass is 32.1. The zero-order chi connectivity index (χ0) is 13.1. The Kier molecular flexibility index (Phi) is 4.14. The lowest BCUT2D eigenvalue weighted by atomic mass is 10.2. The van der Waals surface area contributed by atoms with E-state index in [0.29, 0.717) is 6.54 Å². The largest absolute Gasteiger partial charge is 0.392 e. The van der Waals surface area contributed by atoms with Crippen molar-refractivity contribution in [2.45, 2.75) is 46.8 Å². The van der Waals surface area contributed by atoms with Crippen molar-refractivity contribution in [2.75, 3.05) is 0 Å². The van der Waals surface area contributed by atoms with E-state index in [0.717, 1.165) is 35.5 Å². The standard InChI is InChI=1S/C13H19N3OS/c1-4-5-13-14-11(8-18-13)6-16-10(3)12(7-17)9(2)15-16/h8,17H,4-7H2,1-3H3. The van der Waals surface area contributed by atoms with Crippen molar-refractivity contribution in [3.8, 4) is 0 Å². The average molecular weight is 265 g/mol. The Hall–Kier alpha value is -1.20. The summed E-state index contributed by atoms with van der Waals surface area (Å²) in [6.45, 7) is 6.82. The molecular weight excluding hydrogens is 246 g/mol. The Labute approximate surface area is 111 Å². The molecule has 0 radical (unpaired) electrons. The minimum absolute atomic E-state index is 0.0514. The third-order valence-electron chi connectivity index (χ3n) is 3.06. The fourth-order valence-electron chi connectivity index (χ4n) is 2.02. The van der Waals surface area contributed by atoms with Crippen LogP contribution in [0.15, 0.2) is 5.38 Å². The molecule has 0 atom stereocenters. The van der Waals surface area contributed by atoms with E-state index in [1.807, 2.05) is 18.5 Å². The van der Waals surface area contributed by atoms with E-state index < -0.39 is 0 Å². The minimum Gasteiger partial charge on any atom is -0.392 e. The highest BCUT2D eigenvalue weighted by Crippen LogP contribution is 2.16. The van der Waals surface area contributed by atoms with E-state index in [1.54, 1.807) is 11.3 Å². The van der Waals surface area contributed by atoms with Crippen LogP contribution in [0.25, 0.3) is 0 Å². The monoisotopic (exact) mass is 265 g/mol. The highest BCUT2D eigenvalue weighted by molar-refractivity contribution is 7.09. The predicted octanol–water partition coefficient (Wildman–Crippen LogP) is 2.45. The second-order valence-corrected chi connectivity index (χ2v) is 5.39. The van der Waals surface area contributed by atoms with E-state index in [4.69, 9.17) is 0 Å². The molecule has 98 valence electrons. The van der Waals surface area contributed by atoms with Gasteiger partial charge in [0.15, 0.2) is 0 Å². The molecule has 2 heterocycles. The summed E-state index contributed by atoms with van der Waals surface area (Å²) in [6, 6.07) is 0. The lowest BCUT2D eigenvalue weighted by molar-refractivity contribution is 0.280. The van der Waals surface area contributed by atoms with Crippen molar-refractivity contribution in [3.63, 3.8) is 0 Å². The van der Waals surface area contributed by atoms with E-state index in [9.17, 15) is 5.11 Å². The lowest BCUT2D eigenvalue weighted by Crippen LogP contribution is -2.05. The molecule has 2 rings (SSSR count). The van der Waals surface area contributed by atoms with E-state index in [-0.39, 0.29) is 6.61 Å². The first kappa shape index (κ1) is 13.2. The fraction of sp³-hybridized carbons (Fsp3) is 0.538. The molecule has 0 spiro atoms. The van der Waals surface area contributed by atoms with Crippen LogP contribution in [0.2, 0.25) is 0 Å². The van der Waals surface area contributed by atoms with Gasteiger partial charge < -0.3 is 5.11 Å². The number of hydrogen-bond acceptors (Lipinski definition) is 4. The number of nitrogens with zero attached hydrogens (tertiary/aromatic N) is 3. The van der Waals surface area contributed by atoms with Crippen molar-refractivity contribution in [2.24, 2.45) is 0 Å². The second-order valence-electron chi connectivity index (χ2n) is 4.45. The van der Waals surface area contributed by atoms with Crippen LogP contribution in [-0.2, 0) is 19.6 Å². The first-order chi connectivity index (χ1) is 8.65. The molecule has 0 bridgehead atoms. The van der Waals surface area contributed by atoms with Crippen LogP contribution in [0.3, 0.4) is 0 Å². The van der Waals surface area contributed by atoms with E-state index in [1.165, 1.54) is 5.01 Å². The average Bonchev–Trinajstić information content (AvgIpc) is 2.87. The highest BCUT2D eigenvalue weighted by Gasteiger charge is 2.11. The molecule has 2 aromatic heterocycles. The van der Waals surface area contributed by atoms with Crippen LogP contribution in [0.4, 0.5) is 0 Å². The van der Waals surface area contributed by atoms with Crippen LogP contribution in [0.5, 0.6) is 0 Å². The summed E-state index contributed by atoms with van der Waals surface area (Å²) in [5.74, 6) is 0. The van der Waals surface area contributed by atoms with Gasteiger partial charge in [-0.05, 0) is 26.7 Å². The number of aliphatic hydroxyl groups excluding tert-OH is 1. The summed E-state index contributed by atoms with van der Waals surface area (Å²) >= 11 is 1.71. The maximum Gasteiger partial charge on any atom is 0.0928 e. The van der Waals surface area contributed by atoms with Gasteiger partial charge in [0, 0.05) is 16.6 Å². The van der Waals surface area contributed by atoms with Crippen molar-refractivity contribution in [1.29, 1.82) is 0 Å². The molecule has 0 aliphatic rings. The van der Waals surface area contributed by atoms with Gasteiger partial charge in [0.2, 0.25) is 0 Å². The third kappa shape index (κ3) is 2.62. The summed E-state index contributed by atoms with van der Waals surface area (Å²) in [5, 5.41) is 17.0. The minimum atomic E-state index is 0.0514. The summed E-state index contributed by atoms with van der Waals surface area (Å²) in [4.78, 5) is 4.60. The maximum atomic E-state index is 9.29. The Morgan fingerprint density at radius 3 is 2.78 bits per heavy atom. The van der Waals surface area contributed by atoms with Crippen LogP contribution >= 0.6 is 11.3 Å². The van der Waals surface area contributed by atoms with Crippen LogP contribution < -0.4 is 0 Å². The Morgan fingerprint density at radius 2 is 2.17 bits per heavy atom. The number of hydrogen-bond donors (Lipinski definition) is 1. The van der Waals surface area contributed by atoms with Crippen molar-refractivity contribution < 1.29 is 5.11 Å². The Bertz CT molecular complexity index is 530. The van der Waals surface area contributed by atoms with E-state index in [2.05, 4.69) is 22.4 Å². The summed E-state index contributed by atoms with van der Waals surface area (Å²) in [7, 11) is 0. The number of aryl methyl sites for hydroxylation is 2. The third-order valence-corrected chi connectivity index (χ3v) is 4.02. The van der Waals surface area contributed by atoms with Crippen molar-refractivity contribution >= 4 is 11.3 Å². The fourth-order valence-corrected chi connectivity index (χ4v) is 2.91. The first-order valence-corrected chi connectivity index (χ1v) is 7.10. The molecule has 0 saturated heterocycles. The van der Waals surface area contributed by atoms with Crippen LogP contribution in [0, 0.1) is 13.8 Å². The Balaban J connectivity index is 2.17. The molecule has 18 heavy (non-hydrogen) atoms. The van der Waals surface area contributed by atoms with E-state index >= 15 is 0 Å². The SMILES string of the molecule is CCCc1nc(Cn2nc(C)c(CO)c2C)cs1. The van der Waals surface area contributed by atoms with Crippen LogP contribution in [0.1, 0.15) is 41.0 Å². The normalized spacial score (nSPS) is 11.1. The number of thiazole rings is 1. The molecule has 2 aromatic rings. The van der Waals surface area contributed by atoms with Gasteiger partial charge >= 0.3 is 0 Å². The topological polar surface area (TPSA) is 50.9 Å². The molecule has 0 aliphatic heterocycles. The molecule has 0 unspecified atom stereocenters. The molecule has 0 saturated carbocycles. The second kappa shape index (κ2) is 5.63. The van der Waals surface area contributed by atoms with Crippen LogP contribution in [-0.4, -0.2) is 19.9 Å². The zero-order valence-electron chi connectivity index (χ0n) is 11.1. The van der Waals surface area contributed by atoms with Crippen molar-refractivity contribution in [3.05, 3.63) is 33.0 Å². The molecule has 0 fully saturated rings. The van der Waals surface area contributed by atoms with Gasteiger partial charge in [-0.15, -0.1) is 11.3 Å². The molecule has 0 amide bonds. The molecule has 0 aliphatic carbocycles. The molecule has 1 N–H and O–H groups in total. The number of rotatable bonds is 5. The van der Waals surface area contributed by atoms with Crippen molar-refractivity contribution in [1.82, 2.24) is 14.8 Å². The summed E-state index contributed by atoms with van der Waals surface area (Å²) in [6.07, 6.45) is 2.17. The quantitative estimate of drug-likeness (QED) is 0.903. The summed E-state index contributed by atoms with van der Waals surface area (Å²) < 4.78 is 1.92. The molecular formula is C13H19N3OS. The molecule has 4 nitrogen and oxygen atoms in total. The number of aliphatic hydroxyl groups is 1. The van der Waals surface area contributed by atoms with Gasteiger partial charge in [-0.1, -0.05) is 6.92 Å². The first-order valence-electron chi connectivity index (χ1n) is 6.22. The van der Waals surface area contributed by atoms with Gasteiger partial charge in [0.25, 0.3) is 0 Å². The smallest absolute Gasteiger partial charge is 0.0928 e. The maximum absolute atomic E-state index is 9.29.